The second-order valence-corrected chi connectivity index (χ2v) is 7.72. The molecular weight excluding hydrogens is 415 g/mol. The van der Waals surface area contributed by atoms with Crippen molar-refractivity contribution in [1.82, 2.24) is 9.97 Å². The zero-order valence-corrected chi connectivity index (χ0v) is 16.2. The maximum absolute atomic E-state index is 13.1. The highest BCUT2D eigenvalue weighted by molar-refractivity contribution is 7.22. The summed E-state index contributed by atoms with van der Waals surface area (Å²) in [5, 5.41) is 3.28. The van der Waals surface area contributed by atoms with E-state index in [0.717, 1.165) is 22.4 Å². The molecule has 0 unspecified atom stereocenters. The molecule has 3 heterocycles. The van der Waals surface area contributed by atoms with Crippen molar-refractivity contribution < 1.29 is 22.6 Å². The van der Waals surface area contributed by atoms with Gasteiger partial charge in [0.25, 0.3) is 0 Å². The van der Waals surface area contributed by atoms with Crippen molar-refractivity contribution in [2.24, 2.45) is 0 Å². The third kappa shape index (κ3) is 3.52. The van der Waals surface area contributed by atoms with Gasteiger partial charge in [-0.05, 0) is 41.5 Å². The molecule has 0 radical (unpaired) electrons. The van der Waals surface area contributed by atoms with Crippen LogP contribution in [0.4, 0.5) is 19.0 Å². The fourth-order valence-electron chi connectivity index (χ4n) is 3.21. The summed E-state index contributed by atoms with van der Waals surface area (Å²) in [4.78, 5) is 9.27. The van der Waals surface area contributed by atoms with Crippen LogP contribution in [0.1, 0.15) is 11.1 Å². The van der Waals surface area contributed by atoms with Crippen LogP contribution in [0.2, 0.25) is 0 Å². The molecule has 0 atom stereocenters. The molecule has 0 spiro atoms. The van der Waals surface area contributed by atoms with Gasteiger partial charge in [-0.3, -0.25) is 0 Å². The number of alkyl halides is 3. The van der Waals surface area contributed by atoms with Crippen LogP contribution in [0.3, 0.4) is 0 Å². The second-order valence-electron chi connectivity index (χ2n) is 6.67. The topological polar surface area (TPSA) is 56.3 Å². The fraction of sp³-hybridized carbons (Fsp3) is 0.143. The molecule has 0 amide bonds. The minimum Gasteiger partial charge on any atom is -0.454 e. The minimum absolute atomic E-state index is 0.215. The molecule has 30 heavy (non-hydrogen) atoms. The summed E-state index contributed by atoms with van der Waals surface area (Å²) in [6.45, 7) is 0.714. The van der Waals surface area contributed by atoms with Gasteiger partial charge in [-0.15, -0.1) is 11.3 Å². The average molecular weight is 429 g/mol. The lowest BCUT2D eigenvalue weighted by Crippen LogP contribution is -2.04. The SMILES string of the molecule is FC(F)(F)c1cccc(-c2cc3ncnc(NCc4ccc5c(c4)OCO5)c3s2)c1. The Morgan fingerprint density at radius 1 is 1.00 bits per heavy atom. The minimum atomic E-state index is -4.39. The lowest BCUT2D eigenvalue weighted by atomic mass is 10.1. The molecule has 2 aromatic carbocycles. The number of fused-ring (bicyclic) bond motifs is 2. The van der Waals surface area contributed by atoms with Crippen LogP contribution < -0.4 is 14.8 Å². The lowest BCUT2D eigenvalue weighted by Gasteiger charge is -2.07. The van der Waals surface area contributed by atoms with Crippen LogP contribution in [0.5, 0.6) is 11.5 Å². The Hall–Kier alpha value is -3.33. The summed E-state index contributed by atoms with van der Waals surface area (Å²) in [5.74, 6) is 2.04. The number of hydrogen-bond donors (Lipinski definition) is 1. The number of thiophene rings is 1. The molecule has 9 heteroatoms. The summed E-state index contributed by atoms with van der Waals surface area (Å²) in [6, 6.07) is 12.7. The van der Waals surface area contributed by atoms with Gasteiger partial charge in [-0.1, -0.05) is 18.2 Å². The third-order valence-electron chi connectivity index (χ3n) is 4.68. The van der Waals surface area contributed by atoms with Crippen molar-refractivity contribution in [2.45, 2.75) is 12.7 Å². The van der Waals surface area contributed by atoms with E-state index in [2.05, 4.69) is 15.3 Å². The number of ether oxygens (including phenoxy) is 2. The number of halogens is 3. The zero-order chi connectivity index (χ0) is 20.7. The zero-order valence-electron chi connectivity index (χ0n) is 15.4. The van der Waals surface area contributed by atoms with Crippen LogP contribution >= 0.6 is 11.3 Å². The molecule has 0 bridgehead atoms. The van der Waals surface area contributed by atoms with E-state index in [4.69, 9.17) is 9.47 Å². The Morgan fingerprint density at radius 3 is 2.73 bits per heavy atom. The van der Waals surface area contributed by atoms with Gasteiger partial charge >= 0.3 is 6.18 Å². The third-order valence-corrected chi connectivity index (χ3v) is 5.86. The van der Waals surface area contributed by atoms with Crippen LogP contribution in [-0.4, -0.2) is 16.8 Å². The monoisotopic (exact) mass is 429 g/mol. The Balaban J connectivity index is 1.43. The number of rotatable bonds is 4. The molecule has 0 saturated carbocycles. The molecule has 0 aliphatic carbocycles. The lowest BCUT2D eigenvalue weighted by molar-refractivity contribution is -0.137. The molecule has 0 fully saturated rings. The van der Waals surface area contributed by atoms with E-state index in [9.17, 15) is 13.2 Å². The molecule has 1 aliphatic rings. The average Bonchev–Trinajstić information content (AvgIpc) is 3.38. The summed E-state index contributed by atoms with van der Waals surface area (Å²) in [6.07, 6.45) is -2.95. The van der Waals surface area contributed by atoms with Crippen LogP contribution in [-0.2, 0) is 12.7 Å². The Morgan fingerprint density at radius 2 is 1.87 bits per heavy atom. The number of benzene rings is 2. The number of nitrogens with zero attached hydrogens (tertiary/aromatic N) is 2. The summed E-state index contributed by atoms with van der Waals surface area (Å²) < 4.78 is 50.6. The quantitative estimate of drug-likeness (QED) is 0.450. The first-order valence-electron chi connectivity index (χ1n) is 9.02. The number of hydrogen-bond acceptors (Lipinski definition) is 6. The van der Waals surface area contributed by atoms with E-state index < -0.39 is 11.7 Å². The molecule has 2 aromatic heterocycles. The Bertz CT molecular complexity index is 1240. The normalized spacial score (nSPS) is 13.0. The van der Waals surface area contributed by atoms with E-state index in [-0.39, 0.29) is 6.79 Å². The highest BCUT2D eigenvalue weighted by atomic mass is 32.1. The van der Waals surface area contributed by atoms with Gasteiger partial charge < -0.3 is 14.8 Å². The van der Waals surface area contributed by atoms with Crippen molar-refractivity contribution >= 4 is 27.4 Å². The van der Waals surface area contributed by atoms with Crippen LogP contribution in [0.15, 0.2) is 54.9 Å². The highest BCUT2D eigenvalue weighted by Crippen LogP contribution is 2.38. The number of aromatic nitrogens is 2. The number of nitrogens with one attached hydrogen (secondary N) is 1. The Kier molecular flexibility index (Phi) is 4.47. The van der Waals surface area contributed by atoms with Gasteiger partial charge in [0.2, 0.25) is 6.79 Å². The van der Waals surface area contributed by atoms with Crippen molar-refractivity contribution in [3.8, 4) is 21.9 Å². The van der Waals surface area contributed by atoms with Gasteiger partial charge in [0.15, 0.2) is 11.5 Å². The first-order chi connectivity index (χ1) is 14.5. The number of anilines is 1. The van der Waals surface area contributed by atoms with Crippen molar-refractivity contribution in [1.29, 1.82) is 0 Å². The van der Waals surface area contributed by atoms with Crippen molar-refractivity contribution in [3.05, 3.63) is 66.0 Å². The van der Waals surface area contributed by atoms with Gasteiger partial charge in [0.1, 0.15) is 12.1 Å². The van der Waals surface area contributed by atoms with Gasteiger partial charge in [-0.2, -0.15) is 13.2 Å². The predicted octanol–water partition coefficient (Wildman–Crippen LogP) is 5.72. The predicted molar refractivity (Wildman–Crippen MR) is 108 cm³/mol. The molecule has 1 N–H and O–H groups in total. The maximum Gasteiger partial charge on any atom is 0.416 e. The van der Waals surface area contributed by atoms with E-state index >= 15 is 0 Å². The smallest absolute Gasteiger partial charge is 0.416 e. The molecule has 4 aromatic rings. The first kappa shape index (κ1) is 18.7. The van der Waals surface area contributed by atoms with Crippen molar-refractivity contribution in [3.63, 3.8) is 0 Å². The fourth-order valence-corrected chi connectivity index (χ4v) is 4.28. The molecule has 5 rings (SSSR count). The second kappa shape index (κ2) is 7.17. The molecule has 5 nitrogen and oxygen atoms in total. The summed E-state index contributed by atoms with van der Waals surface area (Å²) >= 11 is 1.35. The van der Waals surface area contributed by atoms with Gasteiger partial charge in [0, 0.05) is 11.4 Å². The standard InChI is InChI=1S/C21H14F3N3O2S/c22-21(23,24)14-3-1-2-13(7-14)18-8-15-19(30-18)20(27-10-26-15)25-9-12-4-5-16-17(6-12)29-11-28-16/h1-8,10H,9,11H2,(H,25,26,27). The largest absolute Gasteiger partial charge is 0.454 e. The van der Waals surface area contributed by atoms with Crippen LogP contribution in [0.25, 0.3) is 20.7 Å². The molecule has 152 valence electrons. The molecular formula is C21H14F3N3O2S. The van der Waals surface area contributed by atoms with E-state index in [1.807, 2.05) is 18.2 Å². The van der Waals surface area contributed by atoms with E-state index in [0.29, 0.717) is 39.8 Å². The summed E-state index contributed by atoms with van der Waals surface area (Å²) in [7, 11) is 0. The molecule has 0 saturated heterocycles. The summed E-state index contributed by atoms with van der Waals surface area (Å²) in [5.41, 5.74) is 1.48. The Labute approximate surface area is 173 Å². The molecule has 1 aliphatic heterocycles. The first-order valence-corrected chi connectivity index (χ1v) is 9.83. The van der Waals surface area contributed by atoms with Crippen molar-refractivity contribution in [2.75, 3.05) is 12.1 Å². The van der Waals surface area contributed by atoms with Crippen LogP contribution in [0, 0.1) is 0 Å². The van der Waals surface area contributed by atoms with E-state index in [1.54, 1.807) is 12.1 Å². The maximum atomic E-state index is 13.1. The van der Waals surface area contributed by atoms with Gasteiger partial charge in [0.05, 0.1) is 15.8 Å². The van der Waals surface area contributed by atoms with Gasteiger partial charge in [-0.25, -0.2) is 9.97 Å². The highest BCUT2D eigenvalue weighted by Gasteiger charge is 2.30. The van der Waals surface area contributed by atoms with E-state index in [1.165, 1.54) is 23.7 Å².